The number of nitrogens with zero attached hydrogens (tertiary/aromatic N) is 2. The number of para-hydroxylation sites is 2. The van der Waals surface area contributed by atoms with E-state index < -0.39 is 0 Å². The Bertz CT molecular complexity index is 913. The van der Waals surface area contributed by atoms with E-state index in [2.05, 4.69) is 20.6 Å². The summed E-state index contributed by atoms with van der Waals surface area (Å²) in [4.78, 5) is 20.8. The van der Waals surface area contributed by atoms with Gasteiger partial charge in [-0.1, -0.05) is 18.2 Å². The molecule has 0 saturated heterocycles. The number of carbonyl (C=O) groups excluding carboxylic acids is 1. The van der Waals surface area contributed by atoms with Crippen molar-refractivity contribution in [2.45, 2.75) is 6.92 Å². The van der Waals surface area contributed by atoms with Crippen LogP contribution in [-0.2, 0) is 0 Å². The molecule has 0 aliphatic rings. The van der Waals surface area contributed by atoms with Crippen molar-refractivity contribution in [2.75, 3.05) is 24.4 Å². The van der Waals surface area contributed by atoms with Gasteiger partial charge in [0, 0.05) is 11.8 Å². The van der Waals surface area contributed by atoms with Crippen LogP contribution in [0.2, 0.25) is 0 Å². The van der Waals surface area contributed by atoms with E-state index in [1.165, 1.54) is 12.4 Å². The number of hydrogen-bond donors (Lipinski definition) is 2. The number of carbonyl (C=O) groups is 1. The fourth-order valence-electron chi connectivity index (χ4n) is 2.40. The van der Waals surface area contributed by atoms with Gasteiger partial charge in [-0.15, -0.1) is 0 Å². The highest BCUT2D eigenvalue weighted by molar-refractivity contribution is 6.02. The molecule has 0 fully saturated rings. The van der Waals surface area contributed by atoms with Crippen LogP contribution >= 0.6 is 0 Å². The van der Waals surface area contributed by atoms with Crippen molar-refractivity contribution in [1.29, 1.82) is 0 Å². The lowest BCUT2D eigenvalue weighted by Crippen LogP contribution is -2.14. The monoisotopic (exact) mass is 364 g/mol. The van der Waals surface area contributed by atoms with Crippen molar-refractivity contribution < 1.29 is 14.3 Å². The van der Waals surface area contributed by atoms with Gasteiger partial charge >= 0.3 is 0 Å². The molecule has 0 unspecified atom stereocenters. The standard InChI is InChI=1S/C20H20N4O3/c1-3-27-18-10-5-4-9-16(18)24-19-13-21-17(12-22-19)20(25)23-14-7-6-8-15(11-14)26-2/h4-13H,3H2,1-2H3,(H,22,24)(H,23,25). The molecule has 2 aromatic carbocycles. The maximum Gasteiger partial charge on any atom is 0.275 e. The average molecular weight is 364 g/mol. The topological polar surface area (TPSA) is 85.4 Å². The zero-order chi connectivity index (χ0) is 19.1. The molecule has 3 rings (SSSR count). The number of ether oxygens (including phenoxy) is 2. The van der Waals surface area contributed by atoms with Crippen LogP contribution in [0.25, 0.3) is 0 Å². The van der Waals surface area contributed by atoms with Gasteiger partial charge in [-0.2, -0.15) is 0 Å². The highest BCUT2D eigenvalue weighted by Crippen LogP contribution is 2.26. The molecule has 1 amide bonds. The highest BCUT2D eigenvalue weighted by Gasteiger charge is 2.10. The number of rotatable bonds is 7. The second-order valence-electron chi connectivity index (χ2n) is 5.53. The molecule has 1 heterocycles. The molecular weight excluding hydrogens is 344 g/mol. The number of aromatic nitrogens is 2. The molecular formula is C20H20N4O3. The van der Waals surface area contributed by atoms with Gasteiger partial charge in [-0.05, 0) is 31.2 Å². The highest BCUT2D eigenvalue weighted by atomic mass is 16.5. The van der Waals surface area contributed by atoms with Crippen LogP contribution in [-0.4, -0.2) is 29.6 Å². The first kappa shape index (κ1) is 18.2. The molecule has 0 atom stereocenters. The van der Waals surface area contributed by atoms with Gasteiger partial charge < -0.3 is 20.1 Å². The minimum atomic E-state index is -0.350. The fourth-order valence-corrected chi connectivity index (χ4v) is 2.40. The van der Waals surface area contributed by atoms with Gasteiger partial charge in [-0.25, -0.2) is 9.97 Å². The van der Waals surface area contributed by atoms with Crippen molar-refractivity contribution >= 4 is 23.1 Å². The molecule has 2 N–H and O–H groups in total. The van der Waals surface area contributed by atoms with Crippen LogP contribution in [0.4, 0.5) is 17.2 Å². The van der Waals surface area contributed by atoms with Crippen LogP contribution in [0.1, 0.15) is 17.4 Å². The first-order valence-corrected chi connectivity index (χ1v) is 8.46. The number of anilines is 3. The Labute approximate surface area is 157 Å². The van der Waals surface area contributed by atoms with Crippen molar-refractivity contribution in [3.63, 3.8) is 0 Å². The van der Waals surface area contributed by atoms with Crippen molar-refractivity contribution in [3.05, 3.63) is 66.6 Å². The fraction of sp³-hybridized carbons (Fsp3) is 0.150. The summed E-state index contributed by atoms with van der Waals surface area (Å²) in [7, 11) is 1.57. The smallest absolute Gasteiger partial charge is 0.275 e. The maximum atomic E-state index is 12.3. The lowest BCUT2D eigenvalue weighted by Gasteiger charge is -2.11. The molecule has 0 bridgehead atoms. The van der Waals surface area contributed by atoms with E-state index in [9.17, 15) is 4.79 Å². The van der Waals surface area contributed by atoms with Crippen molar-refractivity contribution in [3.8, 4) is 11.5 Å². The molecule has 0 radical (unpaired) electrons. The van der Waals surface area contributed by atoms with Gasteiger partial charge in [0.1, 0.15) is 23.0 Å². The van der Waals surface area contributed by atoms with E-state index in [4.69, 9.17) is 9.47 Å². The van der Waals surface area contributed by atoms with E-state index in [0.717, 1.165) is 11.4 Å². The van der Waals surface area contributed by atoms with E-state index in [0.29, 0.717) is 23.9 Å². The molecule has 0 saturated carbocycles. The lowest BCUT2D eigenvalue weighted by molar-refractivity contribution is 0.102. The van der Waals surface area contributed by atoms with Gasteiger partial charge in [0.05, 0.1) is 31.8 Å². The summed E-state index contributed by atoms with van der Waals surface area (Å²) >= 11 is 0. The molecule has 27 heavy (non-hydrogen) atoms. The molecule has 138 valence electrons. The summed E-state index contributed by atoms with van der Waals surface area (Å²) in [6, 6.07) is 14.6. The maximum absolute atomic E-state index is 12.3. The van der Waals surface area contributed by atoms with Crippen molar-refractivity contribution in [2.24, 2.45) is 0 Å². The Kier molecular flexibility index (Phi) is 5.84. The van der Waals surface area contributed by atoms with E-state index in [1.54, 1.807) is 31.4 Å². The molecule has 0 aliphatic heterocycles. The number of methoxy groups -OCH3 is 1. The Morgan fingerprint density at radius 2 is 1.93 bits per heavy atom. The quantitative estimate of drug-likeness (QED) is 0.662. The van der Waals surface area contributed by atoms with Crippen LogP contribution < -0.4 is 20.1 Å². The summed E-state index contributed by atoms with van der Waals surface area (Å²) in [6.45, 7) is 2.49. The largest absolute Gasteiger partial charge is 0.497 e. The Balaban J connectivity index is 1.69. The number of hydrogen-bond acceptors (Lipinski definition) is 6. The summed E-state index contributed by atoms with van der Waals surface area (Å²) in [5, 5.41) is 5.91. The summed E-state index contributed by atoms with van der Waals surface area (Å²) in [5.74, 6) is 1.55. The number of amides is 1. The van der Waals surface area contributed by atoms with Crippen LogP contribution in [0.5, 0.6) is 11.5 Å². The third kappa shape index (κ3) is 4.72. The van der Waals surface area contributed by atoms with E-state index >= 15 is 0 Å². The van der Waals surface area contributed by atoms with Crippen LogP contribution in [0, 0.1) is 0 Å². The normalized spacial score (nSPS) is 10.1. The Hall–Kier alpha value is -3.61. The first-order chi connectivity index (χ1) is 13.2. The van der Waals surface area contributed by atoms with Gasteiger partial charge in [0.15, 0.2) is 0 Å². The second kappa shape index (κ2) is 8.66. The third-order valence-electron chi connectivity index (χ3n) is 3.66. The Morgan fingerprint density at radius 3 is 2.67 bits per heavy atom. The molecule has 1 aromatic heterocycles. The van der Waals surface area contributed by atoms with E-state index in [-0.39, 0.29) is 11.6 Å². The third-order valence-corrected chi connectivity index (χ3v) is 3.66. The molecule has 7 nitrogen and oxygen atoms in total. The number of nitrogens with one attached hydrogen (secondary N) is 2. The Morgan fingerprint density at radius 1 is 1.07 bits per heavy atom. The minimum absolute atomic E-state index is 0.210. The molecule has 0 spiro atoms. The predicted molar refractivity (Wildman–Crippen MR) is 104 cm³/mol. The zero-order valence-electron chi connectivity index (χ0n) is 15.1. The van der Waals surface area contributed by atoms with Crippen LogP contribution in [0.3, 0.4) is 0 Å². The summed E-state index contributed by atoms with van der Waals surface area (Å²) in [5.41, 5.74) is 1.61. The number of benzene rings is 2. The van der Waals surface area contributed by atoms with Gasteiger partial charge in [0.2, 0.25) is 0 Å². The lowest BCUT2D eigenvalue weighted by atomic mass is 10.3. The van der Waals surface area contributed by atoms with E-state index in [1.807, 2.05) is 31.2 Å². The SMILES string of the molecule is CCOc1ccccc1Nc1cnc(C(=O)Nc2cccc(OC)c2)cn1. The zero-order valence-corrected chi connectivity index (χ0v) is 15.1. The van der Waals surface area contributed by atoms with Crippen LogP contribution in [0.15, 0.2) is 60.9 Å². The molecule has 0 aliphatic carbocycles. The average Bonchev–Trinajstić information content (AvgIpc) is 2.70. The van der Waals surface area contributed by atoms with Gasteiger partial charge in [0.25, 0.3) is 5.91 Å². The summed E-state index contributed by atoms with van der Waals surface area (Å²) in [6.07, 6.45) is 2.92. The summed E-state index contributed by atoms with van der Waals surface area (Å²) < 4.78 is 10.7. The second-order valence-corrected chi connectivity index (χ2v) is 5.53. The minimum Gasteiger partial charge on any atom is -0.497 e. The molecule has 3 aromatic rings. The first-order valence-electron chi connectivity index (χ1n) is 8.46. The molecule has 7 heteroatoms. The van der Waals surface area contributed by atoms with Gasteiger partial charge in [-0.3, -0.25) is 4.79 Å². The van der Waals surface area contributed by atoms with Crippen molar-refractivity contribution in [1.82, 2.24) is 9.97 Å². The predicted octanol–water partition coefficient (Wildman–Crippen LogP) is 3.88.